The van der Waals surface area contributed by atoms with E-state index in [1.165, 1.54) is 33.9 Å². The van der Waals surface area contributed by atoms with E-state index in [0.717, 1.165) is 35.3 Å². The van der Waals surface area contributed by atoms with E-state index in [9.17, 15) is 37.9 Å². The molecule has 1 saturated heterocycles. The van der Waals surface area contributed by atoms with Gasteiger partial charge in [-0.1, -0.05) is 26.8 Å². The number of anilines is 2. The maximum absolute atomic E-state index is 15.2. The molecule has 2 aromatic carbocycles. The predicted octanol–water partition coefficient (Wildman–Crippen LogP) is 7.70. The summed E-state index contributed by atoms with van der Waals surface area (Å²) in [7, 11) is 0. The lowest BCUT2D eigenvalue weighted by Gasteiger charge is -2.36. The molecule has 0 atom stereocenters. The van der Waals surface area contributed by atoms with Gasteiger partial charge in [0.25, 0.3) is 5.91 Å². The summed E-state index contributed by atoms with van der Waals surface area (Å²) < 4.78 is 63.1. The third-order valence-corrected chi connectivity index (χ3v) is 12.5. The standard InChI is InChI=1S/C49H47F4N11O5/c1-29-42-44(58-46(57-29)61(27-41(65)66)32-9-12-35(13-10-32)69-49(51,52)53)64(33-15-19-59(20-16-33)28-48(2,3)4)47(68)63(42)34-11-14-39(56-24-34)45(67)60-21-17-36-37-6-5-18-55-43(37)62(40(36)26-60)25-31-8-7-30(23-54)22-38(31)50/h5-14,18,22,24,33H,15-17,19-21,25-28H2,1-4H3,(H,65,66). The minimum Gasteiger partial charge on any atom is -0.480 e. The lowest BCUT2D eigenvalue weighted by molar-refractivity contribution is -0.274. The summed E-state index contributed by atoms with van der Waals surface area (Å²) in [4.78, 5) is 65.3. The number of carboxylic acids is 1. The maximum atomic E-state index is 15.2. The molecule has 0 unspecified atom stereocenters. The number of amides is 1. The number of carbonyl (C=O) groups is 2. The Morgan fingerprint density at radius 2 is 1.72 bits per heavy atom. The summed E-state index contributed by atoms with van der Waals surface area (Å²) >= 11 is 0. The van der Waals surface area contributed by atoms with Gasteiger partial charge in [-0.25, -0.2) is 24.1 Å². The number of likely N-dealkylation sites (tertiary alicyclic amines) is 1. The highest BCUT2D eigenvalue weighted by Gasteiger charge is 2.34. The Balaban J connectivity index is 1.06. The van der Waals surface area contributed by atoms with E-state index in [0.29, 0.717) is 67.0 Å². The average Bonchev–Trinajstić information content (AvgIpc) is 3.78. The van der Waals surface area contributed by atoms with Crippen molar-refractivity contribution >= 4 is 45.7 Å². The molecule has 1 N–H and O–H groups in total. The Bertz CT molecular complexity index is 3220. The molecule has 69 heavy (non-hydrogen) atoms. The zero-order chi connectivity index (χ0) is 48.9. The molecule has 0 saturated carbocycles. The largest absolute Gasteiger partial charge is 0.573 e. The number of benzene rings is 2. The molecule has 2 aliphatic heterocycles. The van der Waals surface area contributed by atoms with Crippen molar-refractivity contribution < 1.29 is 37.0 Å². The summed E-state index contributed by atoms with van der Waals surface area (Å²) in [6.45, 7) is 10.4. The van der Waals surface area contributed by atoms with Crippen LogP contribution in [0.1, 0.15) is 78.2 Å². The maximum Gasteiger partial charge on any atom is 0.573 e. The molecule has 1 amide bonds. The van der Waals surface area contributed by atoms with E-state index >= 15 is 4.39 Å². The summed E-state index contributed by atoms with van der Waals surface area (Å²) in [6, 6.07) is 17.6. The van der Waals surface area contributed by atoms with Crippen molar-refractivity contribution in [1.29, 1.82) is 5.26 Å². The van der Waals surface area contributed by atoms with E-state index in [1.807, 2.05) is 22.8 Å². The Kier molecular flexibility index (Phi) is 12.2. The number of nitrogens with zero attached hydrogens (tertiary/aromatic N) is 11. The number of fused-ring (bicyclic) bond motifs is 4. The number of pyridine rings is 2. The van der Waals surface area contributed by atoms with Gasteiger partial charge >= 0.3 is 18.0 Å². The Morgan fingerprint density at radius 1 is 0.971 bits per heavy atom. The van der Waals surface area contributed by atoms with Crippen LogP contribution in [0, 0.1) is 29.5 Å². The van der Waals surface area contributed by atoms with E-state index in [4.69, 9.17) is 4.98 Å². The minimum atomic E-state index is -4.93. The third kappa shape index (κ3) is 9.46. The van der Waals surface area contributed by atoms with Crippen molar-refractivity contribution in [2.45, 2.75) is 72.5 Å². The van der Waals surface area contributed by atoms with Gasteiger partial charge in [0.2, 0.25) is 5.95 Å². The molecular formula is C49H47F4N11O5. The summed E-state index contributed by atoms with van der Waals surface area (Å²) in [6.07, 6.45) is -0.116. The van der Waals surface area contributed by atoms with Gasteiger partial charge in [-0.3, -0.25) is 23.6 Å². The van der Waals surface area contributed by atoms with Gasteiger partial charge in [0, 0.05) is 60.7 Å². The number of aryl methyl sites for hydroxylation is 1. The lowest BCUT2D eigenvalue weighted by Crippen LogP contribution is -2.41. The molecule has 0 radical (unpaired) electrons. The van der Waals surface area contributed by atoms with E-state index in [-0.39, 0.29) is 59.0 Å². The molecule has 5 aromatic heterocycles. The first-order valence-corrected chi connectivity index (χ1v) is 22.3. The van der Waals surface area contributed by atoms with Crippen LogP contribution in [0.15, 0.2) is 83.9 Å². The Labute approximate surface area is 392 Å². The fraction of sp³-hybridized carbons (Fsp3) is 0.347. The molecule has 7 aromatic rings. The van der Waals surface area contributed by atoms with Crippen LogP contribution in [0.2, 0.25) is 0 Å². The molecule has 16 nitrogen and oxygen atoms in total. The number of hydrogen-bond donors (Lipinski definition) is 1. The number of aromatic nitrogens is 7. The molecule has 0 bridgehead atoms. The fourth-order valence-corrected chi connectivity index (χ4v) is 9.52. The van der Waals surface area contributed by atoms with Crippen LogP contribution in [0.3, 0.4) is 0 Å². The first kappa shape index (κ1) is 46.5. The van der Waals surface area contributed by atoms with Crippen LogP contribution in [-0.2, 0) is 24.3 Å². The van der Waals surface area contributed by atoms with Crippen molar-refractivity contribution in [3.63, 3.8) is 0 Å². The van der Waals surface area contributed by atoms with Crippen LogP contribution in [0.5, 0.6) is 5.75 Å². The van der Waals surface area contributed by atoms with Crippen LogP contribution in [0.25, 0.3) is 27.9 Å². The van der Waals surface area contributed by atoms with E-state index in [1.54, 1.807) is 46.9 Å². The summed E-state index contributed by atoms with van der Waals surface area (Å²) in [5, 5.41) is 20.2. The second kappa shape index (κ2) is 18.1. The van der Waals surface area contributed by atoms with Gasteiger partial charge < -0.3 is 24.2 Å². The Morgan fingerprint density at radius 3 is 2.38 bits per heavy atom. The lowest BCUT2D eigenvalue weighted by atomic mass is 9.94. The molecule has 20 heteroatoms. The molecule has 0 aliphatic carbocycles. The second-order valence-corrected chi connectivity index (χ2v) is 18.5. The first-order chi connectivity index (χ1) is 32.9. The molecule has 7 heterocycles. The van der Waals surface area contributed by atoms with Crippen LogP contribution >= 0.6 is 0 Å². The summed E-state index contributed by atoms with van der Waals surface area (Å²) in [5.41, 5.74) is 4.10. The fourth-order valence-electron chi connectivity index (χ4n) is 9.52. The number of rotatable bonds is 11. The number of hydrogen-bond acceptors (Lipinski definition) is 11. The topological polar surface area (TPSA) is 181 Å². The Hall–Kier alpha value is -7.66. The second-order valence-electron chi connectivity index (χ2n) is 18.5. The average molecular weight is 946 g/mol. The van der Waals surface area contributed by atoms with Crippen LogP contribution in [-0.4, -0.2) is 99.5 Å². The number of aliphatic carboxylic acids is 1. The van der Waals surface area contributed by atoms with Gasteiger partial charge in [-0.05, 0) is 97.8 Å². The number of piperidine rings is 1. The van der Waals surface area contributed by atoms with Crippen molar-refractivity contribution in [3.05, 3.63) is 129 Å². The van der Waals surface area contributed by atoms with Crippen LogP contribution < -0.4 is 15.3 Å². The SMILES string of the molecule is Cc1nc(N(CC(=O)O)c2ccc(OC(F)(F)F)cc2)nc2c1n(-c1ccc(C(=O)N3CCc4c(n(Cc5ccc(C#N)cc5F)c5ncccc45)C3)nc1)c(=O)n2C1CCN(CC(C)(C)C)CC1. The number of carboxylic acid groups (broad SMARTS) is 1. The first-order valence-electron chi connectivity index (χ1n) is 22.3. The number of halogens is 4. The smallest absolute Gasteiger partial charge is 0.480 e. The molecule has 2 aliphatic rings. The number of ether oxygens (including phenoxy) is 1. The molecular weight excluding hydrogens is 899 g/mol. The summed E-state index contributed by atoms with van der Waals surface area (Å²) in [5.74, 6) is -2.74. The zero-order valence-electron chi connectivity index (χ0n) is 38.2. The number of imidazole rings is 1. The third-order valence-electron chi connectivity index (χ3n) is 12.5. The van der Waals surface area contributed by atoms with Gasteiger partial charge in [-0.15, -0.1) is 13.2 Å². The molecule has 1 fully saturated rings. The van der Waals surface area contributed by atoms with Crippen LogP contribution in [0.4, 0.5) is 29.2 Å². The van der Waals surface area contributed by atoms with Gasteiger partial charge in [0.1, 0.15) is 35.0 Å². The van der Waals surface area contributed by atoms with E-state index in [2.05, 4.69) is 45.4 Å². The highest BCUT2D eigenvalue weighted by atomic mass is 19.4. The molecule has 356 valence electrons. The molecule has 9 rings (SSSR count). The van der Waals surface area contributed by atoms with Crippen molar-refractivity contribution in [3.8, 4) is 17.5 Å². The highest BCUT2D eigenvalue weighted by molar-refractivity contribution is 5.93. The quantitative estimate of drug-likeness (QED) is 0.125. The van der Waals surface area contributed by atoms with Gasteiger partial charge in [-0.2, -0.15) is 10.2 Å². The van der Waals surface area contributed by atoms with E-state index < -0.39 is 36.1 Å². The minimum absolute atomic E-state index is 0.0480. The zero-order valence-corrected chi connectivity index (χ0v) is 38.2. The predicted molar refractivity (Wildman–Crippen MR) is 246 cm³/mol. The number of nitriles is 1. The normalized spacial score (nSPS) is 14.8. The van der Waals surface area contributed by atoms with Crippen molar-refractivity contribution in [1.82, 2.24) is 43.4 Å². The van der Waals surface area contributed by atoms with Crippen molar-refractivity contribution in [2.24, 2.45) is 5.41 Å². The van der Waals surface area contributed by atoms with Gasteiger partial charge in [0.05, 0.1) is 42.3 Å². The van der Waals surface area contributed by atoms with Gasteiger partial charge in [0.15, 0.2) is 5.65 Å². The number of carbonyl (C=O) groups excluding carboxylic acids is 1. The molecule has 0 spiro atoms. The number of alkyl halides is 3. The monoisotopic (exact) mass is 945 g/mol. The van der Waals surface area contributed by atoms with Crippen molar-refractivity contribution in [2.75, 3.05) is 37.6 Å². The highest BCUT2D eigenvalue weighted by Crippen LogP contribution is 2.35.